The number of hydrogen-bond acceptors (Lipinski definition) is 4. The molecule has 0 radical (unpaired) electrons. The zero-order valence-corrected chi connectivity index (χ0v) is 11.1. The number of carboxylic acid groups (broad SMARTS) is 1. The summed E-state index contributed by atoms with van der Waals surface area (Å²) in [6.45, 7) is 1.72. The maximum absolute atomic E-state index is 10.9. The second kappa shape index (κ2) is 5.93. The number of likely N-dealkylation sites (tertiary alicyclic amines) is 1. The van der Waals surface area contributed by atoms with Crippen LogP contribution in [0.5, 0.6) is 5.75 Å². The van der Waals surface area contributed by atoms with Crippen molar-refractivity contribution in [2.45, 2.75) is 25.3 Å². The average Bonchev–Trinajstić information content (AvgIpc) is 2.37. The van der Waals surface area contributed by atoms with Gasteiger partial charge in [0.1, 0.15) is 12.4 Å². The Labute approximate surface area is 113 Å². The Morgan fingerprint density at radius 2 is 2.32 bits per heavy atom. The van der Waals surface area contributed by atoms with Crippen molar-refractivity contribution in [3.8, 4) is 5.75 Å². The van der Waals surface area contributed by atoms with Crippen LogP contribution in [-0.2, 0) is 0 Å². The molecule has 5 heteroatoms. The normalized spacial score (nSPS) is 20.2. The number of nitrogen functional groups attached to an aromatic ring is 1. The number of piperidine rings is 1. The number of rotatable bonds is 4. The molecule has 1 fully saturated rings. The summed E-state index contributed by atoms with van der Waals surface area (Å²) in [6.07, 6.45) is 3.62. The third-order valence-electron chi connectivity index (χ3n) is 3.62. The number of ether oxygens (including phenoxy) is 1. The number of benzene rings is 1. The maximum Gasteiger partial charge on any atom is 0.337 e. The molecule has 1 saturated heterocycles. The number of nitrogens with zero attached hydrogens (tertiary/aromatic N) is 1. The molecular formula is C14H20N2O3. The number of likely N-dealkylation sites (N-methyl/N-ethyl adjacent to an activating group) is 1. The van der Waals surface area contributed by atoms with Crippen molar-refractivity contribution >= 4 is 11.7 Å². The second-order valence-electron chi connectivity index (χ2n) is 5.00. The molecule has 5 nitrogen and oxygen atoms in total. The largest absolute Gasteiger partial charge is 0.492 e. The lowest BCUT2D eigenvalue weighted by Gasteiger charge is -2.32. The Hall–Kier alpha value is -1.75. The molecule has 0 amide bonds. The van der Waals surface area contributed by atoms with Gasteiger partial charge in [0, 0.05) is 17.8 Å². The topological polar surface area (TPSA) is 75.8 Å². The van der Waals surface area contributed by atoms with Gasteiger partial charge in [0.05, 0.1) is 5.56 Å². The summed E-state index contributed by atoms with van der Waals surface area (Å²) in [5.74, 6) is -0.391. The van der Waals surface area contributed by atoms with Crippen molar-refractivity contribution in [3.63, 3.8) is 0 Å². The highest BCUT2D eigenvalue weighted by Gasteiger charge is 2.19. The molecule has 3 N–H and O–H groups in total. The number of hydrogen-bond donors (Lipinski definition) is 2. The van der Waals surface area contributed by atoms with Crippen molar-refractivity contribution in [1.82, 2.24) is 4.90 Å². The van der Waals surface area contributed by atoms with Gasteiger partial charge >= 0.3 is 5.97 Å². The molecule has 104 valence electrons. The van der Waals surface area contributed by atoms with E-state index in [2.05, 4.69) is 11.9 Å². The van der Waals surface area contributed by atoms with Crippen LogP contribution in [0.2, 0.25) is 0 Å². The first kappa shape index (κ1) is 13.7. The molecule has 0 aliphatic carbocycles. The summed E-state index contributed by atoms with van der Waals surface area (Å²) in [5, 5.41) is 8.90. The quantitative estimate of drug-likeness (QED) is 0.811. The van der Waals surface area contributed by atoms with E-state index < -0.39 is 5.97 Å². The van der Waals surface area contributed by atoms with Crippen molar-refractivity contribution in [3.05, 3.63) is 23.8 Å². The molecule has 0 spiro atoms. The number of nitrogens with two attached hydrogens (primary N) is 1. The summed E-state index contributed by atoms with van der Waals surface area (Å²) in [5.41, 5.74) is 6.04. The van der Waals surface area contributed by atoms with Gasteiger partial charge in [-0.3, -0.25) is 0 Å². The average molecular weight is 264 g/mol. The summed E-state index contributed by atoms with van der Waals surface area (Å²) in [6, 6.07) is 5.14. The molecule has 1 aromatic rings. The van der Waals surface area contributed by atoms with Gasteiger partial charge in [-0.15, -0.1) is 0 Å². The Morgan fingerprint density at radius 1 is 1.53 bits per heavy atom. The highest BCUT2D eigenvalue weighted by molar-refractivity contribution is 5.93. The number of aromatic carboxylic acids is 1. The molecule has 1 aliphatic heterocycles. The molecule has 1 unspecified atom stereocenters. The van der Waals surface area contributed by atoms with Gasteiger partial charge in [0.2, 0.25) is 0 Å². The van der Waals surface area contributed by atoms with E-state index in [0.29, 0.717) is 18.4 Å². The van der Waals surface area contributed by atoms with Gasteiger partial charge < -0.3 is 20.5 Å². The fourth-order valence-corrected chi connectivity index (χ4v) is 2.37. The fraction of sp³-hybridized carbons (Fsp3) is 0.500. The Kier molecular flexibility index (Phi) is 4.27. The predicted octanol–water partition coefficient (Wildman–Crippen LogP) is 1.83. The third-order valence-corrected chi connectivity index (χ3v) is 3.62. The molecular weight excluding hydrogens is 244 g/mol. The minimum atomic E-state index is -1.02. The minimum Gasteiger partial charge on any atom is -0.492 e. The Balaban J connectivity index is 1.96. The Bertz CT molecular complexity index is 462. The maximum atomic E-state index is 10.9. The van der Waals surface area contributed by atoms with E-state index in [1.165, 1.54) is 18.9 Å². The van der Waals surface area contributed by atoms with Crippen molar-refractivity contribution in [2.75, 3.05) is 25.9 Å². The minimum absolute atomic E-state index is 0.113. The summed E-state index contributed by atoms with van der Waals surface area (Å²) < 4.78 is 5.72. The van der Waals surface area contributed by atoms with E-state index in [0.717, 1.165) is 13.0 Å². The van der Waals surface area contributed by atoms with E-state index in [1.54, 1.807) is 12.1 Å². The smallest absolute Gasteiger partial charge is 0.337 e. The number of carboxylic acids is 1. The van der Waals surface area contributed by atoms with Crippen LogP contribution in [0.3, 0.4) is 0 Å². The Morgan fingerprint density at radius 3 is 2.95 bits per heavy atom. The SMILES string of the molecule is CN1CCCCC1COc1ccc(C(=O)O)c(N)c1. The second-order valence-corrected chi connectivity index (χ2v) is 5.00. The summed E-state index contributed by atoms with van der Waals surface area (Å²) >= 11 is 0. The van der Waals surface area contributed by atoms with E-state index in [1.807, 2.05) is 0 Å². The number of carbonyl (C=O) groups is 1. The van der Waals surface area contributed by atoms with Crippen molar-refractivity contribution in [1.29, 1.82) is 0 Å². The zero-order chi connectivity index (χ0) is 13.8. The number of anilines is 1. The molecule has 1 heterocycles. The lowest BCUT2D eigenvalue weighted by molar-refractivity contribution is 0.0698. The molecule has 1 aromatic carbocycles. The van der Waals surface area contributed by atoms with Gasteiger partial charge in [-0.2, -0.15) is 0 Å². The lowest BCUT2D eigenvalue weighted by Crippen LogP contribution is -2.40. The first-order valence-electron chi connectivity index (χ1n) is 6.54. The van der Waals surface area contributed by atoms with Crippen LogP contribution in [-0.4, -0.2) is 42.2 Å². The molecule has 0 bridgehead atoms. The van der Waals surface area contributed by atoms with E-state index in [9.17, 15) is 4.79 Å². The van der Waals surface area contributed by atoms with Crippen LogP contribution in [0.15, 0.2) is 18.2 Å². The first-order valence-corrected chi connectivity index (χ1v) is 6.54. The van der Waals surface area contributed by atoms with Gasteiger partial charge in [0.25, 0.3) is 0 Å². The fourth-order valence-electron chi connectivity index (χ4n) is 2.37. The first-order chi connectivity index (χ1) is 9.08. The van der Waals surface area contributed by atoms with Crippen LogP contribution < -0.4 is 10.5 Å². The molecule has 19 heavy (non-hydrogen) atoms. The van der Waals surface area contributed by atoms with Gasteiger partial charge in [-0.1, -0.05) is 6.42 Å². The molecule has 1 atom stereocenters. The third kappa shape index (κ3) is 3.38. The van der Waals surface area contributed by atoms with Gasteiger partial charge in [-0.05, 0) is 38.6 Å². The van der Waals surface area contributed by atoms with Crippen LogP contribution in [0.25, 0.3) is 0 Å². The van der Waals surface area contributed by atoms with Crippen LogP contribution in [0, 0.1) is 0 Å². The standard InChI is InChI=1S/C14H20N2O3/c1-16-7-3-2-4-10(16)9-19-11-5-6-12(14(17)18)13(15)8-11/h5-6,8,10H,2-4,7,9,15H2,1H3,(H,17,18). The highest BCUT2D eigenvalue weighted by atomic mass is 16.5. The lowest BCUT2D eigenvalue weighted by atomic mass is 10.0. The van der Waals surface area contributed by atoms with Crippen molar-refractivity contribution in [2.24, 2.45) is 0 Å². The van der Waals surface area contributed by atoms with Gasteiger partial charge in [0.15, 0.2) is 0 Å². The van der Waals surface area contributed by atoms with Crippen LogP contribution in [0.4, 0.5) is 5.69 Å². The zero-order valence-electron chi connectivity index (χ0n) is 11.1. The molecule has 0 saturated carbocycles. The molecule has 1 aliphatic rings. The van der Waals surface area contributed by atoms with Gasteiger partial charge in [-0.25, -0.2) is 4.79 Å². The van der Waals surface area contributed by atoms with Crippen molar-refractivity contribution < 1.29 is 14.6 Å². The van der Waals surface area contributed by atoms with E-state index in [-0.39, 0.29) is 11.3 Å². The molecule has 0 aromatic heterocycles. The van der Waals surface area contributed by atoms with Crippen LogP contribution >= 0.6 is 0 Å². The van der Waals surface area contributed by atoms with E-state index in [4.69, 9.17) is 15.6 Å². The summed E-state index contributed by atoms with van der Waals surface area (Å²) in [4.78, 5) is 13.2. The molecule has 2 rings (SSSR count). The monoisotopic (exact) mass is 264 g/mol. The summed E-state index contributed by atoms with van der Waals surface area (Å²) in [7, 11) is 2.11. The van der Waals surface area contributed by atoms with E-state index >= 15 is 0 Å². The van der Waals surface area contributed by atoms with Crippen LogP contribution in [0.1, 0.15) is 29.6 Å². The highest BCUT2D eigenvalue weighted by Crippen LogP contribution is 2.22. The predicted molar refractivity (Wildman–Crippen MR) is 73.6 cm³/mol.